The van der Waals surface area contributed by atoms with Gasteiger partial charge in [0.15, 0.2) is 0 Å². The summed E-state index contributed by atoms with van der Waals surface area (Å²) in [5.74, 6) is 0. The maximum atomic E-state index is 11.3. The summed E-state index contributed by atoms with van der Waals surface area (Å²) in [4.78, 5) is 13.9. The SMILES string of the molecule is NC(CO)c1ccc(-n2cc[nH]c2=O)cc1. The second kappa shape index (κ2) is 4.34. The van der Waals surface area contributed by atoms with Crippen LogP contribution < -0.4 is 11.4 Å². The van der Waals surface area contributed by atoms with Gasteiger partial charge in [-0.2, -0.15) is 0 Å². The van der Waals surface area contributed by atoms with Gasteiger partial charge in [-0.25, -0.2) is 4.79 Å². The molecule has 0 bridgehead atoms. The molecule has 0 spiro atoms. The van der Waals surface area contributed by atoms with Crippen molar-refractivity contribution in [2.45, 2.75) is 6.04 Å². The number of nitrogens with two attached hydrogens (primary N) is 1. The van der Waals surface area contributed by atoms with E-state index in [1.165, 1.54) is 4.57 Å². The topological polar surface area (TPSA) is 84.0 Å². The fourth-order valence-corrected chi connectivity index (χ4v) is 1.51. The van der Waals surface area contributed by atoms with Gasteiger partial charge in [0.05, 0.1) is 18.3 Å². The van der Waals surface area contributed by atoms with Crippen molar-refractivity contribution in [2.24, 2.45) is 5.73 Å². The predicted molar refractivity (Wildman–Crippen MR) is 60.4 cm³/mol. The number of H-pyrrole nitrogens is 1. The lowest BCUT2D eigenvalue weighted by atomic mass is 10.1. The molecule has 0 aliphatic heterocycles. The minimum atomic E-state index is -0.378. The Kier molecular flexibility index (Phi) is 2.89. The van der Waals surface area contributed by atoms with Gasteiger partial charge in [-0.15, -0.1) is 0 Å². The summed E-state index contributed by atoms with van der Waals surface area (Å²) in [6.07, 6.45) is 3.24. The Balaban J connectivity index is 2.33. The third-order valence-electron chi connectivity index (χ3n) is 2.45. The van der Waals surface area contributed by atoms with Crippen molar-refractivity contribution in [3.8, 4) is 5.69 Å². The molecule has 0 fully saturated rings. The molecular formula is C11H13N3O2. The lowest BCUT2D eigenvalue weighted by Crippen LogP contribution is -2.16. The molecule has 0 radical (unpaired) electrons. The molecule has 5 heteroatoms. The zero-order chi connectivity index (χ0) is 11.5. The highest BCUT2D eigenvalue weighted by Crippen LogP contribution is 2.12. The number of nitrogens with zero attached hydrogens (tertiary/aromatic N) is 1. The first-order valence-electron chi connectivity index (χ1n) is 4.95. The van der Waals surface area contributed by atoms with Crippen LogP contribution in [0, 0.1) is 0 Å². The molecule has 5 nitrogen and oxygen atoms in total. The van der Waals surface area contributed by atoms with Crippen molar-refractivity contribution in [2.75, 3.05) is 6.61 Å². The van der Waals surface area contributed by atoms with Crippen molar-refractivity contribution >= 4 is 0 Å². The van der Waals surface area contributed by atoms with Gasteiger partial charge >= 0.3 is 5.69 Å². The van der Waals surface area contributed by atoms with Crippen LogP contribution in [0.4, 0.5) is 0 Å². The first-order chi connectivity index (χ1) is 7.72. The second-order valence-electron chi connectivity index (χ2n) is 3.52. The molecule has 1 heterocycles. The molecule has 2 rings (SSSR count). The monoisotopic (exact) mass is 219 g/mol. The summed E-state index contributed by atoms with van der Waals surface area (Å²) in [6, 6.07) is 6.81. The lowest BCUT2D eigenvalue weighted by Gasteiger charge is -2.09. The number of benzene rings is 1. The van der Waals surface area contributed by atoms with Gasteiger partial charge in [-0.1, -0.05) is 12.1 Å². The van der Waals surface area contributed by atoms with Gasteiger partial charge in [0, 0.05) is 12.4 Å². The van der Waals surface area contributed by atoms with E-state index in [-0.39, 0.29) is 18.3 Å². The third kappa shape index (κ3) is 1.91. The molecular weight excluding hydrogens is 206 g/mol. The lowest BCUT2D eigenvalue weighted by molar-refractivity contribution is 0.268. The number of imidazole rings is 1. The second-order valence-corrected chi connectivity index (χ2v) is 3.52. The molecule has 1 atom stereocenters. The van der Waals surface area contributed by atoms with Gasteiger partial charge in [0.2, 0.25) is 0 Å². The number of aromatic amines is 1. The Hall–Kier alpha value is -1.85. The van der Waals surface area contributed by atoms with Crippen LogP contribution >= 0.6 is 0 Å². The molecule has 1 aromatic heterocycles. The van der Waals surface area contributed by atoms with Crippen molar-refractivity contribution in [1.29, 1.82) is 0 Å². The minimum Gasteiger partial charge on any atom is -0.394 e. The van der Waals surface area contributed by atoms with E-state index in [9.17, 15) is 4.79 Å². The number of hydrogen-bond acceptors (Lipinski definition) is 3. The molecule has 0 saturated heterocycles. The van der Waals surface area contributed by atoms with Crippen LogP contribution in [-0.4, -0.2) is 21.3 Å². The van der Waals surface area contributed by atoms with Gasteiger partial charge in [0.25, 0.3) is 0 Å². The van der Waals surface area contributed by atoms with Crippen molar-refractivity contribution in [1.82, 2.24) is 9.55 Å². The average molecular weight is 219 g/mol. The molecule has 4 N–H and O–H groups in total. The first-order valence-corrected chi connectivity index (χ1v) is 4.95. The highest BCUT2D eigenvalue weighted by molar-refractivity contribution is 5.35. The van der Waals surface area contributed by atoms with Crippen LogP contribution in [0.1, 0.15) is 11.6 Å². The zero-order valence-corrected chi connectivity index (χ0v) is 8.63. The smallest absolute Gasteiger partial charge is 0.330 e. The molecule has 0 saturated carbocycles. The van der Waals surface area contributed by atoms with E-state index >= 15 is 0 Å². The summed E-state index contributed by atoms with van der Waals surface area (Å²) < 4.78 is 1.49. The van der Waals surface area contributed by atoms with Crippen LogP contribution in [0.3, 0.4) is 0 Å². The number of nitrogens with one attached hydrogen (secondary N) is 1. The molecule has 1 aromatic carbocycles. The normalized spacial score (nSPS) is 12.6. The van der Waals surface area contributed by atoms with Crippen LogP contribution in [0.15, 0.2) is 41.5 Å². The molecule has 0 aliphatic carbocycles. The largest absolute Gasteiger partial charge is 0.394 e. The minimum absolute atomic E-state index is 0.0938. The van der Waals surface area contributed by atoms with Crippen LogP contribution in [0.2, 0.25) is 0 Å². The van der Waals surface area contributed by atoms with Crippen LogP contribution in [-0.2, 0) is 0 Å². The van der Waals surface area contributed by atoms with Crippen molar-refractivity contribution < 1.29 is 5.11 Å². The first kappa shape index (κ1) is 10.7. The summed E-state index contributed by atoms with van der Waals surface area (Å²) in [7, 11) is 0. The highest BCUT2D eigenvalue weighted by Gasteiger charge is 2.05. The van der Waals surface area contributed by atoms with Crippen molar-refractivity contribution in [3.05, 3.63) is 52.7 Å². The fourth-order valence-electron chi connectivity index (χ4n) is 1.51. The zero-order valence-electron chi connectivity index (χ0n) is 8.63. The Morgan fingerprint density at radius 3 is 2.56 bits per heavy atom. The highest BCUT2D eigenvalue weighted by atomic mass is 16.3. The molecule has 1 unspecified atom stereocenters. The van der Waals surface area contributed by atoms with E-state index in [0.717, 1.165) is 11.3 Å². The Labute approximate surface area is 92.2 Å². The van der Waals surface area contributed by atoms with E-state index in [1.807, 2.05) is 0 Å². The predicted octanol–water partition coefficient (Wildman–Crippen LogP) is 0.158. The van der Waals surface area contributed by atoms with Crippen LogP contribution in [0.5, 0.6) is 0 Å². The average Bonchev–Trinajstić information content (AvgIpc) is 2.75. The van der Waals surface area contributed by atoms with E-state index in [1.54, 1.807) is 36.7 Å². The quantitative estimate of drug-likeness (QED) is 0.687. The number of aliphatic hydroxyl groups is 1. The standard InChI is InChI=1S/C11H13N3O2/c12-10(7-15)8-1-3-9(4-2-8)14-6-5-13-11(14)16/h1-6,10,15H,7,12H2,(H,13,16). The molecule has 84 valence electrons. The van der Waals surface area contributed by atoms with Gasteiger partial charge < -0.3 is 15.8 Å². The van der Waals surface area contributed by atoms with E-state index < -0.39 is 0 Å². The van der Waals surface area contributed by atoms with Crippen LogP contribution in [0.25, 0.3) is 5.69 Å². The molecule has 0 amide bonds. The van der Waals surface area contributed by atoms with Gasteiger partial charge in [-0.05, 0) is 17.7 Å². The van der Waals surface area contributed by atoms with Gasteiger partial charge in [-0.3, -0.25) is 4.57 Å². The summed E-state index contributed by atoms with van der Waals surface area (Å²) in [5, 5.41) is 8.90. The Morgan fingerprint density at radius 1 is 1.38 bits per heavy atom. The third-order valence-corrected chi connectivity index (χ3v) is 2.45. The molecule has 16 heavy (non-hydrogen) atoms. The number of rotatable bonds is 3. The summed E-state index contributed by atoms with van der Waals surface area (Å²) >= 11 is 0. The number of hydrogen-bond donors (Lipinski definition) is 3. The summed E-state index contributed by atoms with van der Waals surface area (Å²) in [6.45, 7) is -0.0938. The van der Waals surface area contributed by atoms with E-state index in [0.29, 0.717) is 0 Å². The molecule has 2 aromatic rings. The number of aliphatic hydroxyl groups excluding tert-OH is 1. The maximum Gasteiger partial charge on any atom is 0.330 e. The maximum absolute atomic E-state index is 11.3. The Morgan fingerprint density at radius 2 is 2.06 bits per heavy atom. The van der Waals surface area contributed by atoms with Gasteiger partial charge in [0.1, 0.15) is 0 Å². The van der Waals surface area contributed by atoms with Crippen molar-refractivity contribution in [3.63, 3.8) is 0 Å². The number of aromatic nitrogens is 2. The summed E-state index contributed by atoms with van der Waals surface area (Å²) in [5.41, 5.74) is 7.09. The molecule has 0 aliphatic rings. The van der Waals surface area contributed by atoms with E-state index in [2.05, 4.69) is 4.98 Å². The Bertz CT molecular complexity index is 513. The fraction of sp³-hybridized carbons (Fsp3) is 0.182. The van der Waals surface area contributed by atoms with E-state index in [4.69, 9.17) is 10.8 Å².